The van der Waals surface area contributed by atoms with Gasteiger partial charge in [0.1, 0.15) is 9.12 Å². The molecule has 0 spiro atoms. The maximum atomic E-state index is 8.06. The maximum absolute atomic E-state index is 8.06. The second kappa shape index (κ2) is 138. The van der Waals surface area contributed by atoms with Crippen LogP contribution in [0.25, 0.3) is 0 Å². The van der Waals surface area contributed by atoms with E-state index in [4.69, 9.17) is 4.57 Å². The Morgan fingerprint density at radius 3 is 1.00 bits per heavy atom. The number of rotatable bonds is 0. The van der Waals surface area contributed by atoms with Gasteiger partial charge in [0.05, 0.1) is 0 Å². The SMILES string of the molecule is Br.Br.CC.O=P. The van der Waals surface area contributed by atoms with Crippen LogP contribution < -0.4 is 0 Å². The summed E-state index contributed by atoms with van der Waals surface area (Å²) in [7, 11) is 1.72. The zero-order valence-electron chi connectivity index (χ0n) is 3.72. The van der Waals surface area contributed by atoms with Crippen LogP contribution in [-0.4, -0.2) is 0 Å². The van der Waals surface area contributed by atoms with E-state index in [1.165, 1.54) is 0 Å². The molecule has 0 aromatic heterocycles. The molecule has 0 aromatic carbocycles. The summed E-state index contributed by atoms with van der Waals surface area (Å²) in [6.07, 6.45) is 0. The second-order valence-corrected chi connectivity index (χ2v) is 0. The Labute approximate surface area is 61.7 Å². The lowest BCUT2D eigenvalue weighted by Gasteiger charge is -1.07. The van der Waals surface area contributed by atoms with E-state index in [-0.39, 0.29) is 34.0 Å². The van der Waals surface area contributed by atoms with E-state index >= 15 is 0 Å². The third-order valence-electron chi connectivity index (χ3n) is 0. The van der Waals surface area contributed by atoms with Crippen LogP contribution in [-0.2, 0) is 4.57 Å². The average Bonchev–Trinajstić information content (AvgIpc) is 1.50. The van der Waals surface area contributed by atoms with Crippen LogP contribution in [0, 0.1) is 0 Å². The molecule has 0 amide bonds. The molecule has 6 heavy (non-hydrogen) atoms. The monoisotopic (exact) mass is 238 g/mol. The molecule has 0 fully saturated rings. The van der Waals surface area contributed by atoms with Crippen molar-refractivity contribution in [3.8, 4) is 0 Å². The Bertz CT molecular complexity index is 11.5. The van der Waals surface area contributed by atoms with Gasteiger partial charge >= 0.3 is 0 Å². The fourth-order valence-electron chi connectivity index (χ4n) is 0. The molecule has 0 saturated carbocycles. The van der Waals surface area contributed by atoms with Gasteiger partial charge < -0.3 is 0 Å². The fourth-order valence-corrected chi connectivity index (χ4v) is 0. The maximum Gasteiger partial charge on any atom is 0.138 e. The smallest absolute Gasteiger partial charge is 0.138 e. The van der Waals surface area contributed by atoms with Crippen LogP contribution in [0.1, 0.15) is 13.8 Å². The molecule has 0 heterocycles. The van der Waals surface area contributed by atoms with Crippen molar-refractivity contribution < 1.29 is 4.57 Å². The van der Waals surface area contributed by atoms with Crippen LogP contribution in [0.5, 0.6) is 0 Å². The van der Waals surface area contributed by atoms with Gasteiger partial charge in [0.15, 0.2) is 0 Å². The highest BCUT2D eigenvalue weighted by atomic mass is 79.9. The fraction of sp³-hybridized carbons (Fsp3) is 1.00. The topological polar surface area (TPSA) is 17.1 Å². The standard InChI is InChI=1S/C2H6.2BrH.HOP/c1-2;;;1-2/h1-2H3;2*1H;2H. The summed E-state index contributed by atoms with van der Waals surface area (Å²) in [4.78, 5) is 0. The number of halogens is 2. The van der Waals surface area contributed by atoms with Gasteiger partial charge in [0, 0.05) is 0 Å². The Kier molecular flexibility index (Phi) is 637. The molecule has 0 aromatic rings. The molecule has 0 saturated heterocycles. The van der Waals surface area contributed by atoms with Crippen LogP contribution >= 0.6 is 43.1 Å². The second-order valence-electron chi connectivity index (χ2n) is 0. The van der Waals surface area contributed by atoms with Crippen molar-refractivity contribution in [2.75, 3.05) is 0 Å². The lowest BCUT2D eigenvalue weighted by molar-refractivity contribution is 0.607. The first kappa shape index (κ1) is 27.7. The third-order valence-corrected chi connectivity index (χ3v) is 0. The molecule has 1 nitrogen and oxygen atoms in total. The third kappa shape index (κ3) is 74.2. The summed E-state index contributed by atoms with van der Waals surface area (Å²) in [5, 5.41) is 0. The van der Waals surface area contributed by atoms with E-state index < -0.39 is 0 Å². The number of hydrogen-bond acceptors (Lipinski definition) is 1. The van der Waals surface area contributed by atoms with Gasteiger partial charge in [-0.3, -0.25) is 4.57 Å². The van der Waals surface area contributed by atoms with Gasteiger partial charge in [0.2, 0.25) is 0 Å². The van der Waals surface area contributed by atoms with E-state index in [0.717, 1.165) is 0 Å². The molecule has 42 valence electrons. The molecule has 0 rings (SSSR count). The summed E-state index contributed by atoms with van der Waals surface area (Å²) in [6.45, 7) is 4.00. The molecule has 0 radical (unpaired) electrons. The van der Waals surface area contributed by atoms with Crippen LogP contribution in [0.4, 0.5) is 0 Å². The van der Waals surface area contributed by atoms with Crippen molar-refractivity contribution in [2.45, 2.75) is 13.8 Å². The Morgan fingerprint density at radius 1 is 1.00 bits per heavy atom. The Hall–Kier alpha value is 1.06. The largest absolute Gasteiger partial charge is 0.279 e. The van der Waals surface area contributed by atoms with Gasteiger partial charge in [-0.05, 0) is 0 Å². The lowest BCUT2D eigenvalue weighted by atomic mass is 11.0. The van der Waals surface area contributed by atoms with Crippen molar-refractivity contribution in [3.05, 3.63) is 0 Å². The first-order valence-electron chi connectivity index (χ1n) is 1.20. The normalized spacial score (nSPS) is 1.67. The molecule has 0 aliphatic heterocycles. The van der Waals surface area contributed by atoms with E-state index in [0.29, 0.717) is 0 Å². The predicted octanol–water partition coefficient (Wildman–Crippen LogP) is 2.66. The van der Waals surface area contributed by atoms with Gasteiger partial charge in [-0.25, -0.2) is 0 Å². The van der Waals surface area contributed by atoms with E-state index in [2.05, 4.69) is 0 Å². The molecule has 0 atom stereocenters. The highest BCUT2D eigenvalue weighted by molar-refractivity contribution is 8.93. The molecule has 4 heteroatoms. The van der Waals surface area contributed by atoms with Crippen LogP contribution in [0.15, 0.2) is 0 Å². The lowest BCUT2D eigenvalue weighted by Crippen LogP contribution is -0.856. The van der Waals surface area contributed by atoms with Crippen molar-refractivity contribution in [1.82, 2.24) is 0 Å². The van der Waals surface area contributed by atoms with Crippen LogP contribution in [0.3, 0.4) is 0 Å². The van der Waals surface area contributed by atoms with Crippen molar-refractivity contribution in [2.24, 2.45) is 0 Å². The van der Waals surface area contributed by atoms with Gasteiger partial charge in [-0.15, -0.1) is 34.0 Å². The molecular weight excluding hydrogens is 231 g/mol. The van der Waals surface area contributed by atoms with Crippen molar-refractivity contribution >= 4 is 43.1 Å². The highest BCUT2D eigenvalue weighted by Crippen LogP contribution is 1.23. The minimum Gasteiger partial charge on any atom is -0.279 e. The highest BCUT2D eigenvalue weighted by Gasteiger charge is 0.932. The van der Waals surface area contributed by atoms with Crippen molar-refractivity contribution in [3.63, 3.8) is 0 Å². The Balaban J connectivity index is -0.00000000500. The summed E-state index contributed by atoms with van der Waals surface area (Å²) < 4.78 is 8.06. The van der Waals surface area contributed by atoms with Gasteiger partial charge in [-0.2, -0.15) is 0 Å². The van der Waals surface area contributed by atoms with Crippen LogP contribution in [0.2, 0.25) is 0 Å². The average molecular weight is 240 g/mol. The molecule has 0 unspecified atom stereocenters. The molecule has 0 bridgehead atoms. The van der Waals surface area contributed by atoms with Gasteiger partial charge in [-0.1, -0.05) is 13.8 Å². The van der Waals surface area contributed by atoms with Crippen molar-refractivity contribution in [1.29, 1.82) is 0 Å². The summed E-state index contributed by atoms with van der Waals surface area (Å²) in [6, 6.07) is 0. The Morgan fingerprint density at radius 2 is 1.00 bits per heavy atom. The van der Waals surface area contributed by atoms with Gasteiger partial charge in [0.25, 0.3) is 0 Å². The first-order valence-corrected chi connectivity index (χ1v) is 1.61. The molecule has 0 aliphatic carbocycles. The quantitative estimate of drug-likeness (QED) is 0.594. The molecular formula is C2H9Br2OP. The minimum absolute atomic E-state index is 0. The molecule has 0 N–H and O–H groups in total. The van der Waals surface area contributed by atoms with E-state index in [1.54, 1.807) is 9.12 Å². The predicted molar refractivity (Wildman–Crippen MR) is 41.0 cm³/mol. The zero-order chi connectivity index (χ0) is 4.00. The van der Waals surface area contributed by atoms with E-state index in [9.17, 15) is 0 Å². The molecule has 0 aliphatic rings. The minimum atomic E-state index is 0. The summed E-state index contributed by atoms with van der Waals surface area (Å²) in [5.74, 6) is 0. The number of hydrogen-bond donors (Lipinski definition) is 0. The zero-order valence-corrected chi connectivity index (χ0v) is 8.15. The summed E-state index contributed by atoms with van der Waals surface area (Å²) in [5.41, 5.74) is 0. The summed E-state index contributed by atoms with van der Waals surface area (Å²) >= 11 is 0. The van der Waals surface area contributed by atoms with E-state index in [1.807, 2.05) is 13.8 Å². The first-order chi connectivity index (χ1) is 2.00.